The molecule has 15 nitrogen and oxygen atoms in total. The summed E-state index contributed by atoms with van der Waals surface area (Å²) in [5, 5.41) is 12.6. The molecule has 0 atom stereocenters. The summed E-state index contributed by atoms with van der Waals surface area (Å²) in [4.78, 5) is 28.8. The summed E-state index contributed by atoms with van der Waals surface area (Å²) in [6, 6.07) is 12.5. The molecular weight excluding hydrogens is 757 g/mol. The number of aryl methyl sites for hydroxylation is 2. The summed E-state index contributed by atoms with van der Waals surface area (Å²) < 4.78 is 86.1. The summed E-state index contributed by atoms with van der Waals surface area (Å²) >= 11 is 0. The van der Waals surface area contributed by atoms with Gasteiger partial charge in [0.15, 0.2) is 0 Å². The summed E-state index contributed by atoms with van der Waals surface area (Å²) in [5.41, 5.74) is 6.81. The van der Waals surface area contributed by atoms with E-state index in [0.717, 1.165) is 29.3 Å². The maximum Gasteiger partial charge on any atom is 0.416 e. The molecule has 2 amide bonds. The van der Waals surface area contributed by atoms with Crippen LogP contribution in [0.25, 0.3) is 22.5 Å². The number of carbonyl (C=O) groups is 1. The lowest BCUT2D eigenvalue weighted by atomic mass is 10.2. The van der Waals surface area contributed by atoms with Crippen molar-refractivity contribution in [1.82, 2.24) is 39.5 Å². The second-order valence-electron chi connectivity index (χ2n) is 11.8. The van der Waals surface area contributed by atoms with Crippen LogP contribution in [0, 0.1) is 11.6 Å². The van der Waals surface area contributed by atoms with E-state index in [4.69, 9.17) is 19.9 Å². The van der Waals surface area contributed by atoms with Gasteiger partial charge >= 0.3 is 12.2 Å². The van der Waals surface area contributed by atoms with Crippen LogP contribution in [0.3, 0.4) is 0 Å². The maximum absolute atomic E-state index is 14.4. The highest BCUT2D eigenvalue weighted by atomic mass is 19.4. The predicted molar refractivity (Wildman–Crippen MR) is 196 cm³/mol. The summed E-state index contributed by atoms with van der Waals surface area (Å²) in [6.45, 7) is 0. The van der Waals surface area contributed by atoms with Crippen molar-refractivity contribution < 1.29 is 41.0 Å². The fraction of sp³-hybridized carbons (Fsp3) is 0.108. The van der Waals surface area contributed by atoms with Gasteiger partial charge in [-0.2, -0.15) is 23.4 Å². The minimum atomic E-state index is -4.63. The van der Waals surface area contributed by atoms with Gasteiger partial charge in [-0.15, -0.1) is 0 Å². The normalized spacial score (nSPS) is 10.9. The van der Waals surface area contributed by atoms with Gasteiger partial charge in [-0.1, -0.05) is 0 Å². The molecule has 292 valence electrons. The topological polar surface area (TPSA) is 182 Å². The second-order valence-corrected chi connectivity index (χ2v) is 11.8. The highest BCUT2D eigenvalue weighted by molar-refractivity contribution is 6.01. The number of nitrogen functional groups attached to an aromatic ring is 1. The van der Waals surface area contributed by atoms with Gasteiger partial charge in [0.25, 0.3) is 0 Å². The molecule has 4 N–H and O–H groups in total. The van der Waals surface area contributed by atoms with E-state index in [-0.39, 0.29) is 34.4 Å². The van der Waals surface area contributed by atoms with Gasteiger partial charge in [0.2, 0.25) is 11.8 Å². The number of urea groups is 1. The first-order valence-electron chi connectivity index (χ1n) is 16.4. The van der Waals surface area contributed by atoms with Gasteiger partial charge in [-0.25, -0.2) is 33.5 Å². The molecule has 3 aromatic carbocycles. The van der Waals surface area contributed by atoms with Crippen molar-refractivity contribution in [2.24, 2.45) is 14.1 Å². The van der Waals surface area contributed by atoms with Crippen LogP contribution < -0.4 is 30.6 Å². The van der Waals surface area contributed by atoms with E-state index < -0.39 is 29.4 Å². The number of nitrogens with two attached hydrogens (primary N) is 1. The van der Waals surface area contributed by atoms with Crippen molar-refractivity contribution >= 4 is 23.1 Å². The van der Waals surface area contributed by atoms with Crippen molar-refractivity contribution in [2.75, 3.05) is 23.5 Å². The number of hydrogen-bond acceptors (Lipinski definition) is 11. The first kappa shape index (κ1) is 39.1. The number of nitrogens with zero attached hydrogens (tertiary/aromatic N) is 8. The standard InChI is InChI=1S/C23H18F4N6O3.C14H12FN5O/c1-33-11-13(10-30-33)17-9-21(29-12-28-17)36-15-4-5-16(24)18(8-15)31-22(34)32-19-7-14(23(25,26)27)3-6-20(19)35-2;1-20-7-9(6-19-20)13-5-14(18-8-17-13)21-10-2-3-11(15)12(16)4-10/h3-12H,1-2H3,(H2,31,32,34);2-8H,16H2,1H3. The maximum atomic E-state index is 14.4. The number of benzene rings is 3. The number of rotatable bonds is 9. The van der Waals surface area contributed by atoms with E-state index in [1.54, 1.807) is 47.1 Å². The number of ether oxygens (including phenoxy) is 3. The van der Waals surface area contributed by atoms with Crippen molar-refractivity contribution in [1.29, 1.82) is 0 Å². The predicted octanol–water partition coefficient (Wildman–Crippen LogP) is 7.87. The van der Waals surface area contributed by atoms with E-state index in [1.165, 1.54) is 50.1 Å². The van der Waals surface area contributed by atoms with Crippen molar-refractivity contribution in [3.8, 4) is 51.5 Å². The molecule has 0 aliphatic rings. The number of alkyl halides is 3. The zero-order chi connectivity index (χ0) is 40.7. The molecule has 4 aromatic heterocycles. The molecule has 4 heterocycles. The number of aromatic nitrogens is 8. The Labute approximate surface area is 319 Å². The number of carbonyl (C=O) groups excluding carboxylic acids is 1. The molecule has 0 aliphatic carbocycles. The molecule has 0 unspecified atom stereocenters. The van der Waals surface area contributed by atoms with E-state index in [1.807, 2.05) is 13.2 Å². The molecule has 20 heteroatoms. The van der Waals surface area contributed by atoms with Crippen LogP contribution in [0.4, 0.5) is 43.8 Å². The van der Waals surface area contributed by atoms with Gasteiger partial charge in [-0.3, -0.25) is 9.36 Å². The molecule has 0 saturated carbocycles. The van der Waals surface area contributed by atoms with Gasteiger partial charge in [-0.05, 0) is 42.5 Å². The van der Waals surface area contributed by atoms with Crippen LogP contribution in [0.15, 0.2) is 104 Å². The fourth-order valence-electron chi connectivity index (χ4n) is 4.96. The first-order chi connectivity index (χ1) is 27.2. The van der Waals surface area contributed by atoms with E-state index >= 15 is 0 Å². The number of anilines is 3. The molecule has 0 aliphatic heterocycles. The Morgan fingerprint density at radius 3 is 1.75 bits per heavy atom. The minimum absolute atomic E-state index is 0.0103. The molecule has 0 fully saturated rings. The third kappa shape index (κ3) is 10.1. The Balaban J connectivity index is 0.000000221. The highest BCUT2D eigenvalue weighted by Gasteiger charge is 2.31. The molecule has 0 spiro atoms. The molecular formula is C37H30F5N11O4. The third-order valence-electron chi connectivity index (χ3n) is 7.66. The number of amides is 2. The molecule has 7 rings (SSSR count). The lowest BCUT2D eigenvalue weighted by Gasteiger charge is -2.15. The van der Waals surface area contributed by atoms with Crippen LogP contribution in [0.2, 0.25) is 0 Å². The molecule has 7 aromatic rings. The number of methoxy groups -OCH3 is 1. The SMILES string of the molecule is COc1ccc(C(F)(F)F)cc1NC(=O)Nc1cc(Oc2cc(-c3cnn(C)c3)ncn2)ccc1F.Cn1cc(-c2cc(Oc3ccc(F)c(N)c3)ncn2)cn1. The third-order valence-corrected chi connectivity index (χ3v) is 7.66. The van der Waals surface area contributed by atoms with Crippen LogP contribution >= 0.6 is 0 Å². The summed E-state index contributed by atoms with van der Waals surface area (Å²) in [6.07, 6.45) is 4.95. The Kier molecular flexibility index (Phi) is 11.5. The second kappa shape index (κ2) is 16.8. The Morgan fingerprint density at radius 2 is 1.25 bits per heavy atom. The summed E-state index contributed by atoms with van der Waals surface area (Å²) in [7, 11) is 4.82. The average molecular weight is 788 g/mol. The van der Waals surface area contributed by atoms with E-state index in [9.17, 15) is 26.7 Å². The zero-order valence-electron chi connectivity index (χ0n) is 30.0. The summed E-state index contributed by atoms with van der Waals surface area (Å²) in [5.74, 6) is -0.254. The first-order valence-corrected chi connectivity index (χ1v) is 16.4. The monoisotopic (exact) mass is 787 g/mol. The van der Waals surface area contributed by atoms with Gasteiger partial charge in [0.1, 0.15) is 41.5 Å². The van der Waals surface area contributed by atoms with Crippen molar-refractivity contribution in [3.63, 3.8) is 0 Å². The minimum Gasteiger partial charge on any atom is -0.495 e. The lowest BCUT2D eigenvalue weighted by Crippen LogP contribution is -2.21. The molecule has 0 saturated heterocycles. The smallest absolute Gasteiger partial charge is 0.416 e. The number of halogens is 5. The Hall–Kier alpha value is -7.64. The lowest BCUT2D eigenvalue weighted by molar-refractivity contribution is -0.137. The van der Waals surface area contributed by atoms with Crippen LogP contribution in [-0.2, 0) is 20.3 Å². The van der Waals surface area contributed by atoms with E-state index in [2.05, 4.69) is 40.8 Å². The highest BCUT2D eigenvalue weighted by Crippen LogP contribution is 2.35. The Bertz CT molecular complexity index is 2530. The van der Waals surface area contributed by atoms with Crippen molar-refractivity contribution in [3.05, 3.63) is 121 Å². The van der Waals surface area contributed by atoms with Gasteiger partial charge in [0.05, 0.1) is 53.5 Å². The van der Waals surface area contributed by atoms with Crippen LogP contribution in [0.1, 0.15) is 5.56 Å². The number of hydrogen-bond donors (Lipinski definition) is 3. The largest absolute Gasteiger partial charge is 0.495 e. The fourth-order valence-corrected chi connectivity index (χ4v) is 4.96. The molecule has 0 radical (unpaired) electrons. The zero-order valence-corrected chi connectivity index (χ0v) is 30.0. The molecule has 57 heavy (non-hydrogen) atoms. The van der Waals surface area contributed by atoms with Crippen molar-refractivity contribution in [2.45, 2.75) is 6.18 Å². The van der Waals surface area contributed by atoms with Gasteiger partial charge in [0, 0.05) is 61.9 Å². The number of nitrogens with one attached hydrogen (secondary N) is 2. The Morgan fingerprint density at radius 1 is 0.702 bits per heavy atom. The van der Waals surface area contributed by atoms with E-state index in [0.29, 0.717) is 29.1 Å². The van der Waals surface area contributed by atoms with Crippen LogP contribution in [0.5, 0.6) is 29.0 Å². The average Bonchev–Trinajstić information content (AvgIpc) is 3.82. The van der Waals surface area contributed by atoms with Gasteiger partial charge < -0.3 is 30.6 Å². The quantitative estimate of drug-likeness (QED) is 0.0957. The molecule has 0 bridgehead atoms. The van der Waals surface area contributed by atoms with Crippen LogP contribution in [-0.4, -0.2) is 52.6 Å².